The lowest BCUT2D eigenvalue weighted by Crippen LogP contribution is -2.32. The molecule has 0 aromatic rings. The van der Waals surface area contributed by atoms with Crippen molar-refractivity contribution in [3.8, 4) is 0 Å². The molecule has 11 heavy (non-hydrogen) atoms. The largest absolute Gasteiger partial charge is 0.409 e. The van der Waals surface area contributed by atoms with Crippen LogP contribution in [0.1, 0.15) is 0 Å². The van der Waals surface area contributed by atoms with Gasteiger partial charge in [0.2, 0.25) is 0 Å². The number of halogens is 5. The highest BCUT2D eigenvalue weighted by atomic mass is 32.5. The second kappa shape index (κ2) is 1.85. The van der Waals surface area contributed by atoms with Crippen LogP contribution < -0.4 is 11.0 Å². The monoisotopic (exact) mass is 205 g/mol. The predicted molar refractivity (Wildman–Crippen MR) is 28.3 cm³/mol. The molecule has 72 valence electrons. The Balaban J connectivity index is 0. The zero-order valence-corrected chi connectivity index (χ0v) is 5.59. The van der Waals surface area contributed by atoms with Gasteiger partial charge in [-0.05, 0) is 0 Å². The van der Waals surface area contributed by atoms with E-state index in [4.69, 9.17) is 10.1 Å². The van der Waals surface area contributed by atoms with Gasteiger partial charge in [-0.3, -0.25) is 0 Å². The van der Waals surface area contributed by atoms with Crippen molar-refractivity contribution in [2.45, 2.75) is 0 Å². The summed E-state index contributed by atoms with van der Waals surface area (Å²) in [4.78, 5) is 7.99. The summed E-state index contributed by atoms with van der Waals surface area (Å²) in [7, 11) is -10.1. The number of rotatable bonds is 2. The van der Waals surface area contributed by atoms with E-state index in [1.54, 1.807) is 0 Å². The lowest BCUT2D eigenvalue weighted by Gasteiger charge is -2.35. The van der Waals surface area contributed by atoms with E-state index in [0.717, 1.165) is 0 Å². The zero-order valence-electron chi connectivity index (χ0n) is 4.77. The van der Waals surface area contributed by atoms with E-state index in [1.165, 1.54) is 0 Å². The van der Waals surface area contributed by atoms with Gasteiger partial charge in [-0.1, -0.05) is 19.4 Å². The van der Waals surface area contributed by atoms with E-state index in [9.17, 15) is 19.4 Å². The van der Waals surface area contributed by atoms with Crippen molar-refractivity contribution in [3.05, 3.63) is 10.1 Å². The summed E-state index contributed by atoms with van der Waals surface area (Å²) in [5.74, 6) is 0. The molecule has 0 aromatic carbocycles. The lowest BCUT2D eigenvalue weighted by atomic mass is 12.7. The predicted octanol–water partition coefficient (Wildman–Crippen LogP) is 2.14. The molecule has 5 nitrogen and oxygen atoms in total. The molecule has 0 atom stereocenters. The summed E-state index contributed by atoms with van der Waals surface area (Å²) in [6.45, 7) is 0. The van der Waals surface area contributed by atoms with Crippen molar-refractivity contribution in [1.82, 2.24) is 11.0 Å². The summed E-state index contributed by atoms with van der Waals surface area (Å²) in [6.07, 6.45) is 0. The Kier molecular flexibility index (Phi) is 2.15. The molecule has 0 saturated carbocycles. The fourth-order valence-corrected chi connectivity index (χ4v) is 0.423. The highest BCUT2D eigenvalue weighted by Crippen LogP contribution is 2.94. The van der Waals surface area contributed by atoms with Crippen LogP contribution in [0.2, 0.25) is 0 Å². The van der Waals surface area contributed by atoms with Gasteiger partial charge in [-0.2, -0.15) is 0 Å². The topological polar surface area (TPSA) is 90.2 Å². The molecule has 0 aliphatic heterocycles. The Morgan fingerprint density at radius 1 is 1.18 bits per heavy atom. The Labute approximate surface area is 57.1 Å². The first-order chi connectivity index (χ1) is 3.89. The fraction of sp³-hybridized carbons (Fsp3) is 0. The standard InChI is InChI=1S/F5HN2O2S.H3N/c1-10(2,3,4,5)6-7(8)9;/h6H;1H3. The van der Waals surface area contributed by atoms with Gasteiger partial charge < -0.3 is 6.15 Å². The summed E-state index contributed by atoms with van der Waals surface area (Å²) in [6, 6.07) is 0. The van der Waals surface area contributed by atoms with E-state index in [2.05, 4.69) is 0 Å². The number of hydrogen-bond acceptors (Lipinski definition) is 3. The van der Waals surface area contributed by atoms with Crippen LogP contribution in [-0.2, 0) is 0 Å². The number of nitrogens with zero attached hydrogens (tertiary/aromatic N) is 1. The highest BCUT2D eigenvalue weighted by molar-refractivity contribution is 8.44. The maximum absolute atomic E-state index is 10.9. The van der Waals surface area contributed by atoms with Crippen molar-refractivity contribution in [1.29, 1.82) is 0 Å². The van der Waals surface area contributed by atoms with E-state index < -0.39 is 20.3 Å². The van der Waals surface area contributed by atoms with E-state index >= 15 is 0 Å². The van der Waals surface area contributed by atoms with Crippen LogP contribution in [0.15, 0.2) is 0 Å². The first kappa shape index (κ1) is 12.8. The lowest BCUT2D eigenvalue weighted by molar-refractivity contribution is -0.525. The summed E-state index contributed by atoms with van der Waals surface area (Å²) in [5.41, 5.74) is 0. The Hall–Kier alpha value is -0.840. The van der Waals surface area contributed by atoms with E-state index in [1.807, 2.05) is 0 Å². The Bertz CT molecular complexity index is 167. The SMILES string of the molecule is N.O=[N+]([O-])NS(F)(F)(F)(F)F. The van der Waals surface area contributed by atoms with Crippen LogP contribution in [0.25, 0.3) is 0 Å². The highest BCUT2D eigenvalue weighted by Gasteiger charge is 2.68. The Morgan fingerprint density at radius 2 is 1.45 bits per heavy atom. The quantitative estimate of drug-likeness (QED) is 0.410. The number of hydrogen-bond donors (Lipinski definition) is 2. The molecule has 0 aliphatic carbocycles. The van der Waals surface area contributed by atoms with Gasteiger partial charge in [0.25, 0.3) is 0 Å². The number of nitrogens with one attached hydrogen (secondary N) is 1. The van der Waals surface area contributed by atoms with Gasteiger partial charge in [0.1, 0.15) is 0 Å². The van der Waals surface area contributed by atoms with Crippen LogP contribution in [0.4, 0.5) is 19.4 Å². The molecule has 0 radical (unpaired) electrons. The molecule has 0 fully saturated rings. The normalized spacial score (nSPS) is 17.2. The molecular formula is H4F5N3O2S. The van der Waals surface area contributed by atoms with Crippen LogP contribution in [-0.4, -0.2) is 5.03 Å². The molecule has 11 heteroatoms. The van der Waals surface area contributed by atoms with Crippen molar-refractivity contribution in [2.24, 2.45) is 0 Å². The first-order valence-corrected chi connectivity index (χ1v) is 3.52. The van der Waals surface area contributed by atoms with Crippen molar-refractivity contribution in [3.63, 3.8) is 0 Å². The van der Waals surface area contributed by atoms with Crippen LogP contribution in [0, 0.1) is 10.1 Å². The third-order valence-electron chi connectivity index (χ3n) is 0.247. The van der Waals surface area contributed by atoms with Crippen molar-refractivity contribution >= 4 is 10.4 Å². The minimum atomic E-state index is -10.1. The molecule has 0 heterocycles. The second-order valence-corrected chi connectivity index (χ2v) is 3.44. The first-order valence-electron chi connectivity index (χ1n) is 1.56. The van der Waals surface area contributed by atoms with Crippen molar-refractivity contribution < 1.29 is 24.5 Å². The van der Waals surface area contributed by atoms with Crippen LogP contribution >= 0.6 is 10.4 Å². The average molecular weight is 205 g/mol. The minimum Gasteiger partial charge on any atom is -0.344 e. The zero-order chi connectivity index (χ0) is 8.69. The van der Waals surface area contributed by atoms with Crippen molar-refractivity contribution in [2.75, 3.05) is 0 Å². The average Bonchev–Trinajstić information content (AvgIpc) is 1.12. The Morgan fingerprint density at radius 3 is 1.45 bits per heavy atom. The third kappa shape index (κ3) is 12.4. The van der Waals surface area contributed by atoms with Crippen LogP contribution in [0.3, 0.4) is 0 Å². The molecule has 0 spiro atoms. The fourth-order valence-electron chi connectivity index (χ4n) is 0.141. The van der Waals surface area contributed by atoms with Crippen LogP contribution in [0.5, 0.6) is 0 Å². The molecule has 4 N–H and O–H groups in total. The van der Waals surface area contributed by atoms with Gasteiger partial charge in [-0.25, -0.2) is 10.1 Å². The number of hydrazine groups is 1. The molecule has 0 aromatic heterocycles. The summed E-state index contributed by atoms with van der Waals surface area (Å²) < 4.78 is 54.6. The molecule has 0 bridgehead atoms. The van der Waals surface area contributed by atoms with Gasteiger partial charge in [0, 0.05) is 4.83 Å². The van der Waals surface area contributed by atoms with Gasteiger partial charge in [-0.15, -0.1) is 0 Å². The molecule has 0 unspecified atom stereocenters. The second-order valence-electron chi connectivity index (χ2n) is 1.32. The molecule has 0 amide bonds. The molecule has 0 rings (SSSR count). The minimum absolute atomic E-state index is 0. The maximum Gasteiger partial charge on any atom is 0.409 e. The summed E-state index contributed by atoms with van der Waals surface area (Å²) >= 11 is 0. The van der Waals surface area contributed by atoms with Gasteiger partial charge in [0.05, 0.1) is 0 Å². The number of nitro groups is 1. The molecule has 0 aliphatic rings. The molecular weight excluding hydrogens is 201 g/mol. The smallest absolute Gasteiger partial charge is 0.344 e. The van der Waals surface area contributed by atoms with E-state index in [0.29, 0.717) is 0 Å². The van der Waals surface area contributed by atoms with Gasteiger partial charge in [0.15, 0.2) is 5.03 Å². The maximum atomic E-state index is 10.9. The third-order valence-corrected chi connectivity index (χ3v) is 0.741. The van der Waals surface area contributed by atoms with E-state index in [-0.39, 0.29) is 6.15 Å². The summed E-state index contributed by atoms with van der Waals surface area (Å²) in [5, 5.41) is 6.60. The molecule has 0 saturated heterocycles. The van der Waals surface area contributed by atoms with Gasteiger partial charge >= 0.3 is 10.4 Å².